The molecule has 0 saturated heterocycles. The van der Waals surface area contributed by atoms with Crippen LogP contribution in [-0.4, -0.2) is 11.0 Å². The summed E-state index contributed by atoms with van der Waals surface area (Å²) in [5.41, 5.74) is 2.76. The van der Waals surface area contributed by atoms with Crippen LogP contribution in [0.15, 0.2) is 42.7 Å². The van der Waals surface area contributed by atoms with Crippen molar-refractivity contribution in [3.63, 3.8) is 0 Å². The molecule has 2 nitrogen and oxygen atoms in total. The topological polar surface area (TPSA) is 24.9 Å². The molecule has 0 aliphatic heterocycles. The lowest BCUT2D eigenvalue weighted by molar-refractivity contribution is 0.587. The van der Waals surface area contributed by atoms with Crippen LogP contribution in [0, 0.1) is 5.82 Å². The summed E-state index contributed by atoms with van der Waals surface area (Å²) in [5, 5.41) is 3.34. The monoisotopic (exact) mass is 242 g/mol. The first kappa shape index (κ1) is 11.4. The number of hydrogen-bond acceptors (Lipinski definition) is 2. The zero-order chi connectivity index (χ0) is 12.4. The summed E-state index contributed by atoms with van der Waals surface area (Å²) in [5.74, 6) is -0.143. The van der Waals surface area contributed by atoms with Crippen molar-refractivity contribution in [2.24, 2.45) is 0 Å². The van der Waals surface area contributed by atoms with Crippen LogP contribution in [0.25, 0.3) is 11.1 Å². The molecule has 1 aromatic heterocycles. The van der Waals surface area contributed by atoms with Gasteiger partial charge in [0, 0.05) is 36.1 Å². The van der Waals surface area contributed by atoms with Gasteiger partial charge in [0.1, 0.15) is 5.82 Å². The molecule has 1 fully saturated rings. The standard InChI is InChI=1S/C15H15FN2/c16-15-6-3-11(12-2-1-7-17-9-12)8-13(15)10-18-14-4-5-14/h1-3,6-9,14,18H,4-5,10H2. The molecule has 0 bridgehead atoms. The van der Waals surface area contributed by atoms with Gasteiger partial charge in [-0.1, -0.05) is 12.1 Å². The van der Waals surface area contributed by atoms with Crippen LogP contribution < -0.4 is 5.32 Å². The van der Waals surface area contributed by atoms with E-state index in [4.69, 9.17) is 0 Å². The molecule has 2 aromatic rings. The highest BCUT2D eigenvalue weighted by molar-refractivity contribution is 5.63. The molecule has 1 saturated carbocycles. The molecule has 3 heteroatoms. The number of nitrogens with zero attached hydrogens (tertiary/aromatic N) is 1. The van der Waals surface area contributed by atoms with Gasteiger partial charge in [-0.2, -0.15) is 0 Å². The molecule has 18 heavy (non-hydrogen) atoms. The molecule has 1 aliphatic carbocycles. The Balaban J connectivity index is 1.84. The quantitative estimate of drug-likeness (QED) is 0.891. The Kier molecular flexibility index (Phi) is 3.07. The SMILES string of the molecule is Fc1ccc(-c2cccnc2)cc1CNC1CC1. The highest BCUT2D eigenvalue weighted by Crippen LogP contribution is 2.23. The second kappa shape index (κ2) is 4.86. The number of rotatable bonds is 4. The summed E-state index contributed by atoms with van der Waals surface area (Å²) in [6, 6.07) is 9.70. The predicted octanol–water partition coefficient (Wildman–Crippen LogP) is 3.14. The van der Waals surface area contributed by atoms with Crippen molar-refractivity contribution in [1.82, 2.24) is 10.3 Å². The van der Waals surface area contributed by atoms with Crippen LogP contribution in [0.5, 0.6) is 0 Å². The third-order valence-electron chi connectivity index (χ3n) is 3.20. The van der Waals surface area contributed by atoms with Crippen LogP contribution >= 0.6 is 0 Å². The Labute approximate surface area is 106 Å². The smallest absolute Gasteiger partial charge is 0.127 e. The Morgan fingerprint density at radius 1 is 1.22 bits per heavy atom. The van der Waals surface area contributed by atoms with Crippen LogP contribution in [0.2, 0.25) is 0 Å². The van der Waals surface area contributed by atoms with E-state index in [0.717, 1.165) is 16.7 Å². The third kappa shape index (κ3) is 2.57. The minimum atomic E-state index is -0.143. The highest BCUT2D eigenvalue weighted by Gasteiger charge is 2.20. The first-order valence-corrected chi connectivity index (χ1v) is 6.25. The van der Waals surface area contributed by atoms with Crippen molar-refractivity contribution in [3.8, 4) is 11.1 Å². The van der Waals surface area contributed by atoms with E-state index in [1.807, 2.05) is 18.2 Å². The van der Waals surface area contributed by atoms with Gasteiger partial charge in [0.2, 0.25) is 0 Å². The van der Waals surface area contributed by atoms with Gasteiger partial charge in [0.05, 0.1) is 0 Å². The molecule has 1 aromatic carbocycles. The van der Waals surface area contributed by atoms with Crippen molar-refractivity contribution in [2.45, 2.75) is 25.4 Å². The van der Waals surface area contributed by atoms with Gasteiger partial charge in [0.25, 0.3) is 0 Å². The van der Waals surface area contributed by atoms with Crippen LogP contribution in [0.4, 0.5) is 4.39 Å². The number of pyridine rings is 1. The van der Waals surface area contributed by atoms with Gasteiger partial charge in [-0.15, -0.1) is 0 Å². The normalized spacial score (nSPS) is 14.7. The zero-order valence-electron chi connectivity index (χ0n) is 10.1. The van der Waals surface area contributed by atoms with Crippen LogP contribution in [0.3, 0.4) is 0 Å². The zero-order valence-corrected chi connectivity index (χ0v) is 10.1. The number of aromatic nitrogens is 1. The molecule has 0 radical (unpaired) electrons. The van der Waals surface area contributed by atoms with Gasteiger partial charge >= 0.3 is 0 Å². The van der Waals surface area contributed by atoms with Crippen molar-refractivity contribution in [3.05, 3.63) is 54.1 Å². The molecule has 1 aliphatic rings. The number of halogens is 1. The largest absolute Gasteiger partial charge is 0.310 e. The van der Waals surface area contributed by atoms with E-state index >= 15 is 0 Å². The molecule has 1 N–H and O–H groups in total. The lowest BCUT2D eigenvalue weighted by atomic mass is 10.0. The fraction of sp³-hybridized carbons (Fsp3) is 0.267. The predicted molar refractivity (Wildman–Crippen MR) is 69.5 cm³/mol. The van der Waals surface area contributed by atoms with Crippen LogP contribution in [0.1, 0.15) is 18.4 Å². The molecule has 1 heterocycles. The summed E-state index contributed by atoms with van der Waals surface area (Å²) in [6.07, 6.45) is 5.96. The molecular formula is C15H15FN2. The van der Waals surface area contributed by atoms with Gasteiger partial charge in [-0.3, -0.25) is 4.98 Å². The molecule has 92 valence electrons. The minimum Gasteiger partial charge on any atom is -0.310 e. The van der Waals surface area contributed by atoms with Crippen molar-refractivity contribution in [1.29, 1.82) is 0 Å². The van der Waals surface area contributed by atoms with Gasteiger partial charge < -0.3 is 5.32 Å². The fourth-order valence-corrected chi connectivity index (χ4v) is 1.97. The Morgan fingerprint density at radius 3 is 2.83 bits per heavy atom. The summed E-state index contributed by atoms with van der Waals surface area (Å²) in [4.78, 5) is 4.09. The summed E-state index contributed by atoms with van der Waals surface area (Å²) in [6.45, 7) is 0.602. The van der Waals surface area contributed by atoms with Crippen molar-refractivity contribution < 1.29 is 4.39 Å². The van der Waals surface area contributed by atoms with Crippen molar-refractivity contribution in [2.75, 3.05) is 0 Å². The number of nitrogens with one attached hydrogen (secondary N) is 1. The van der Waals surface area contributed by atoms with Crippen molar-refractivity contribution >= 4 is 0 Å². The molecule has 0 spiro atoms. The fourth-order valence-electron chi connectivity index (χ4n) is 1.97. The van der Waals surface area contributed by atoms with Crippen LogP contribution in [-0.2, 0) is 6.54 Å². The summed E-state index contributed by atoms with van der Waals surface area (Å²) >= 11 is 0. The summed E-state index contributed by atoms with van der Waals surface area (Å²) < 4.78 is 13.7. The second-order valence-corrected chi connectivity index (χ2v) is 4.70. The van der Waals surface area contributed by atoms with E-state index in [9.17, 15) is 4.39 Å². The average molecular weight is 242 g/mol. The Morgan fingerprint density at radius 2 is 2.11 bits per heavy atom. The van der Waals surface area contributed by atoms with Gasteiger partial charge in [-0.25, -0.2) is 4.39 Å². The van der Waals surface area contributed by atoms with Gasteiger partial charge in [-0.05, 0) is 36.6 Å². The highest BCUT2D eigenvalue weighted by atomic mass is 19.1. The molecular weight excluding hydrogens is 227 g/mol. The van der Waals surface area contributed by atoms with E-state index in [-0.39, 0.29) is 5.82 Å². The van der Waals surface area contributed by atoms with E-state index in [2.05, 4.69) is 10.3 Å². The Hall–Kier alpha value is -1.74. The maximum atomic E-state index is 13.7. The van der Waals surface area contributed by atoms with E-state index in [0.29, 0.717) is 12.6 Å². The second-order valence-electron chi connectivity index (χ2n) is 4.70. The maximum Gasteiger partial charge on any atom is 0.127 e. The third-order valence-corrected chi connectivity index (χ3v) is 3.20. The van der Waals surface area contributed by atoms with E-state index in [1.165, 1.54) is 18.9 Å². The molecule has 0 amide bonds. The average Bonchev–Trinajstić information content (AvgIpc) is 3.23. The Bertz CT molecular complexity index is 535. The van der Waals surface area contributed by atoms with E-state index in [1.54, 1.807) is 18.5 Å². The maximum absolute atomic E-state index is 13.7. The minimum absolute atomic E-state index is 0.143. The summed E-state index contributed by atoms with van der Waals surface area (Å²) in [7, 11) is 0. The lowest BCUT2D eigenvalue weighted by Gasteiger charge is -2.08. The lowest BCUT2D eigenvalue weighted by Crippen LogP contribution is -2.16. The number of benzene rings is 1. The van der Waals surface area contributed by atoms with E-state index < -0.39 is 0 Å². The number of hydrogen-bond donors (Lipinski definition) is 1. The van der Waals surface area contributed by atoms with Gasteiger partial charge in [0.15, 0.2) is 0 Å². The molecule has 3 rings (SSSR count). The first-order valence-electron chi connectivity index (χ1n) is 6.25. The first-order chi connectivity index (χ1) is 8.83. The molecule has 0 unspecified atom stereocenters. The molecule has 0 atom stereocenters.